The van der Waals surface area contributed by atoms with Gasteiger partial charge in [-0.05, 0) is 43.5 Å². The van der Waals surface area contributed by atoms with Gasteiger partial charge in [0.15, 0.2) is 0 Å². The van der Waals surface area contributed by atoms with Gasteiger partial charge in [0.2, 0.25) is 5.91 Å². The van der Waals surface area contributed by atoms with Crippen molar-refractivity contribution in [1.29, 1.82) is 0 Å². The van der Waals surface area contributed by atoms with Crippen molar-refractivity contribution in [2.24, 2.45) is 0 Å². The van der Waals surface area contributed by atoms with Crippen LogP contribution in [0.25, 0.3) is 5.69 Å². The Balaban J connectivity index is 1.76. The molecule has 1 N–H and O–H groups in total. The van der Waals surface area contributed by atoms with E-state index in [4.69, 9.17) is 0 Å². The number of benzene rings is 2. The number of carbonyl (C=O) groups excluding carboxylic acids is 1. The fourth-order valence-corrected chi connectivity index (χ4v) is 2.91. The smallest absolute Gasteiger partial charge is 0.228 e. The Morgan fingerprint density at radius 1 is 1.00 bits per heavy atom. The molecule has 0 radical (unpaired) electrons. The van der Waals surface area contributed by atoms with Crippen molar-refractivity contribution in [2.45, 2.75) is 33.6 Å². The molecule has 0 aliphatic rings. The molecule has 128 valence electrons. The largest absolute Gasteiger partial charge is 0.323 e. The Labute approximate surface area is 148 Å². The first kappa shape index (κ1) is 17.0. The van der Waals surface area contributed by atoms with Gasteiger partial charge < -0.3 is 5.32 Å². The van der Waals surface area contributed by atoms with Crippen molar-refractivity contribution < 1.29 is 4.79 Å². The molecule has 3 rings (SSSR count). The predicted molar refractivity (Wildman–Crippen MR) is 101 cm³/mol. The minimum Gasteiger partial charge on any atom is -0.323 e. The van der Waals surface area contributed by atoms with Crippen molar-refractivity contribution in [1.82, 2.24) is 9.78 Å². The highest BCUT2D eigenvalue weighted by Crippen LogP contribution is 2.23. The van der Waals surface area contributed by atoms with Crippen LogP contribution in [0.1, 0.15) is 29.4 Å². The Kier molecular flexibility index (Phi) is 4.98. The van der Waals surface area contributed by atoms with Gasteiger partial charge in [0.25, 0.3) is 0 Å². The van der Waals surface area contributed by atoms with Crippen LogP contribution >= 0.6 is 0 Å². The average molecular weight is 333 g/mol. The molecule has 0 saturated heterocycles. The summed E-state index contributed by atoms with van der Waals surface area (Å²) in [5, 5.41) is 7.59. The Bertz CT molecular complexity index is 864. The molecule has 0 spiro atoms. The molecular formula is C21H23N3O. The molecule has 0 bridgehead atoms. The summed E-state index contributed by atoms with van der Waals surface area (Å²) in [5.74, 6) is -0.0249. The quantitative estimate of drug-likeness (QED) is 0.759. The van der Waals surface area contributed by atoms with Gasteiger partial charge >= 0.3 is 0 Å². The van der Waals surface area contributed by atoms with Gasteiger partial charge in [0.05, 0.1) is 29.2 Å². The highest BCUT2D eigenvalue weighted by Gasteiger charge is 2.15. The topological polar surface area (TPSA) is 46.9 Å². The summed E-state index contributed by atoms with van der Waals surface area (Å²) >= 11 is 0. The molecule has 3 aromatic rings. The normalized spacial score (nSPS) is 10.7. The minimum absolute atomic E-state index is 0.0249. The molecule has 0 aliphatic heterocycles. The number of aryl methyl sites for hydroxylation is 2. The van der Waals surface area contributed by atoms with Crippen LogP contribution in [0.15, 0.2) is 54.6 Å². The lowest BCUT2D eigenvalue weighted by Gasteiger charge is -2.08. The molecule has 4 nitrogen and oxygen atoms in total. The van der Waals surface area contributed by atoms with Gasteiger partial charge in [-0.1, -0.05) is 49.4 Å². The van der Waals surface area contributed by atoms with E-state index in [2.05, 4.69) is 29.5 Å². The van der Waals surface area contributed by atoms with Crippen LogP contribution in [0.3, 0.4) is 0 Å². The number of amides is 1. The number of hydrogen-bond donors (Lipinski definition) is 1. The minimum atomic E-state index is -0.0249. The van der Waals surface area contributed by atoms with Crippen LogP contribution in [0, 0.1) is 13.8 Å². The van der Waals surface area contributed by atoms with Crippen molar-refractivity contribution in [2.75, 3.05) is 5.32 Å². The summed E-state index contributed by atoms with van der Waals surface area (Å²) in [7, 11) is 0. The van der Waals surface area contributed by atoms with Crippen LogP contribution in [0.5, 0.6) is 0 Å². The fraction of sp³-hybridized carbons (Fsp3) is 0.238. The van der Waals surface area contributed by atoms with E-state index in [1.807, 2.05) is 61.0 Å². The second-order valence-corrected chi connectivity index (χ2v) is 6.19. The molecule has 0 atom stereocenters. The number of carbonyl (C=O) groups is 1. The maximum Gasteiger partial charge on any atom is 0.228 e. The average Bonchev–Trinajstić information content (AvgIpc) is 2.91. The molecule has 0 aliphatic carbocycles. The van der Waals surface area contributed by atoms with Gasteiger partial charge in [-0.3, -0.25) is 4.79 Å². The number of nitrogens with one attached hydrogen (secondary N) is 1. The molecule has 1 aromatic heterocycles. The number of nitrogens with zero attached hydrogens (tertiary/aromatic N) is 2. The molecular weight excluding hydrogens is 310 g/mol. The number of hydrogen-bond acceptors (Lipinski definition) is 2. The van der Waals surface area contributed by atoms with E-state index < -0.39 is 0 Å². The van der Waals surface area contributed by atoms with E-state index in [1.165, 1.54) is 5.56 Å². The standard InChI is InChI=1S/C21H23N3O/c1-4-17-10-12-18(13-11-17)14-20(25)22-21-15(2)23-24(16(21)3)19-8-6-5-7-9-19/h5-13H,4,14H2,1-3H3,(H,22,25). The van der Waals surface area contributed by atoms with Crippen LogP contribution < -0.4 is 5.32 Å². The number of anilines is 1. The highest BCUT2D eigenvalue weighted by atomic mass is 16.1. The third kappa shape index (κ3) is 3.79. The number of para-hydroxylation sites is 1. The monoisotopic (exact) mass is 333 g/mol. The number of aromatic nitrogens is 2. The van der Waals surface area contributed by atoms with Crippen molar-refractivity contribution in [3.05, 3.63) is 77.1 Å². The zero-order chi connectivity index (χ0) is 17.8. The van der Waals surface area contributed by atoms with Gasteiger partial charge in [0.1, 0.15) is 0 Å². The molecule has 2 aromatic carbocycles. The maximum absolute atomic E-state index is 12.4. The van der Waals surface area contributed by atoms with Gasteiger partial charge in [0, 0.05) is 0 Å². The first-order chi connectivity index (χ1) is 12.1. The van der Waals surface area contributed by atoms with E-state index in [-0.39, 0.29) is 5.91 Å². The van der Waals surface area contributed by atoms with Crippen LogP contribution in [-0.2, 0) is 17.6 Å². The van der Waals surface area contributed by atoms with E-state index in [0.717, 1.165) is 34.7 Å². The molecule has 0 unspecified atom stereocenters. The molecule has 0 saturated carbocycles. The summed E-state index contributed by atoms with van der Waals surface area (Å²) in [6.07, 6.45) is 1.36. The lowest BCUT2D eigenvalue weighted by molar-refractivity contribution is -0.115. The molecule has 4 heteroatoms. The van der Waals surface area contributed by atoms with Gasteiger partial charge in [-0.25, -0.2) is 4.68 Å². The Morgan fingerprint density at radius 2 is 1.64 bits per heavy atom. The molecule has 25 heavy (non-hydrogen) atoms. The van der Waals surface area contributed by atoms with Crippen LogP contribution in [0.4, 0.5) is 5.69 Å². The molecule has 0 fully saturated rings. The van der Waals surface area contributed by atoms with Crippen molar-refractivity contribution in [3.63, 3.8) is 0 Å². The summed E-state index contributed by atoms with van der Waals surface area (Å²) in [6.45, 7) is 6.01. The summed E-state index contributed by atoms with van der Waals surface area (Å²) < 4.78 is 1.86. The van der Waals surface area contributed by atoms with Crippen LogP contribution in [-0.4, -0.2) is 15.7 Å². The predicted octanol–water partition coefficient (Wildman–Crippen LogP) is 4.23. The lowest BCUT2D eigenvalue weighted by Crippen LogP contribution is -2.15. The van der Waals surface area contributed by atoms with E-state index in [1.54, 1.807) is 0 Å². The first-order valence-electron chi connectivity index (χ1n) is 8.57. The second kappa shape index (κ2) is 7.34. The van der Waals surface area contributed by atoms with E-state index in [0.29, 0.717) is 6.42 Å². The van der Waals surface area contributed by atoms with Gasteiger partial charge in [-0.15, -0.1) is 0 Å². The zero-order valence-corrected chi connectivity index (χ0v) is 14.9. The second-order valence-electron chi connectivity index (χ2n) is 6.19. The third-order valence-electron chi connectivity index (χ3n) is 4.35. The Hall–Kier alpha value is -2.88. The van der Waals surface area contributed by atoms with E-state index in [9.17, 15) is 4.79 Å². The maximum atomic E-state index is 12.4. The summed E-state index contributed by atoms with van der Waals surface area (Å²) in [5.41, 5.74) is 5.81. The summed E-state index contributed by atoms with van der Waals surface area (Å²) in [6, 6.07) is 18.1. The SMILES string of the molecule is CCc1ccc(CC(=O)Nc2c(C)nn(-c3ccccc3)c2C)cc1. The van der Waals surface area contributed by atoms with Crippen molar-refractivity contribution in [3.8, 4) is 5.69 Å². The summed E-state index contributed by atoms with van der Waals surface area (Å²) in [4.78, 5) is 12.4. The van der Waals surface area contributed by atoms with Gasteiger partial charge in [-0.2, -0.15) is 5.10 Å². The zero-order valence-electron chi connectivity index (χ0n) is 14.9. The first-order valence-corrected chi connectivity index (χ1v) is 8.57. The van der Waals surface area contributed by atoms with E-state index >= 15 is 0 Å². The lowest BCUT2D eigenvalue weighted by atomic mass is 10.1. The number of rotatable bonds is 5. The highest BCUT2D eigenvalue weighted by molar-refractivity contribution is 5.93. The van der Waals surface area contributed by atoms with Crippen molar-refractivity contribution >= 4 is 11.6 Å². The van der Waals surface area contributed by atoms with Crippen LogP contribution in [0.2, 0.25) is 0 Å². The molecule has 1 heterocycles. The molecule has 1 amide bonds. The fourth-order valence-electron chi connectivity index (χ4n) is 2.91. The third-order valence-corrected chi connectivity index (χ3v) is 4.35. The Morgan fingerprint density at radius 3 is 2.28 bits per heavy atom.